The van der Waals surface area contributed by atoms with Crippen molar-refractivity contribution in [2.24, 2.45) is 5.73 Å². The summed E-state index contributed by atoms with van der Waals surface area (Å²) in [5, 5.41) is 0. The van der Waals surface area contributed by atoms with E-state index in [1.54, 1.807) is 0 Å². The predicted molar refractivity (Wildman–Crippen MR) is 66.6 cm³/mol. The van der Waals surface area contributed by atoms with Crippen LogP contribution < -0.4 is 5.73 Å². The minimum Gasteiger partial charge on any atom is -0.465 e. The number of hydrogen-bond donors (Lipinski definition) is 1. The highest BCUT2D eigenvalue weighted by Gasteiger charge is 2.20. The molecular weight excluding hydrogens is 216 g/mol. The average Bonchev–Trinajstić information content (AvgIpc) is 2.69. The second kappa shape index (κ2) is 5.67. The lowest BCUT2D eigenvalue weighted by molar-refractivity contribution is -0.0342. The summed E-state index contributed by atoms with van der Waals surface area (Å²) >= 11 is 0. The quantitative estimate of drug-likeness (QED) is 0.866. The number of rotatable bonds is 4. The molecule has 1 atom stereocenters. The standard InChI is InChI=1S/C13H22N2O2/c1-3-12-8-15(4-5-16-12)9-13-6-11(7-14)10(2)17-13/h6,12H,3-5,7-9,14H2,1-2H3. The summed E-state index contributed by atoms with van der Waals surface area (Å²) < 4.78 is 11.4. The van der Waals surface area contributed by atoms with Crippen molar-refractivity contribution in [1.82, 2.24) is 4.90 Å². The molecule has 4 nitrogen and oxygen atoms in total. The Bertz CT molecular complexity index is 362. The maximum absolute atomic E-state index is 5.71. The summed E-state index contributed by atoms with van der Waals surface area (Å²) in [6.07, 6.45) is 1.44. The third-order valence-corrected chi connectivity index (χ3v) is 3.35. The lowest BCUT2D eigenvalue weighted by Gasteiger charge is -2.31. The van der Waals surface area contributed by atoms with E-state index in [4.69, 9.17) is 14.9 Å². The van der Waals surface area contributed by atoms with Crippen LogP contribution in [0.4, 0.5) is 0 Å². The van der Waals surface area contributed by atoms with Crippen molar-refractivity contribution in [2.45, 2.75) is 39.5 Å². The summed E-state index contributed by atoms with van der Waals surface area (Å²) in [5.41, 5.74) is 6.76. The molecule has 1 fully saturated rings. The van der Waals surface area contributed by atoms with Crippen molar-refractivity contribution in [3.63, 3.8) is 0 Å². The Morgan fingerprint density at radius 2 is 2.35 bits per heavy atom. The number of morpholine rings is 1. The lowest BCUT2D eigenvalue weighted by Crippen LogP contribution is -2.41. The van der Waals surface area contributed by atoms with E-state index in [1.807, 2.05) is 6.92 Å². The second-order valence-corrected chi connectivity index (χ2v) is 4.63. The van der Waals surface area contributed by atoms with Crippen LogP contribution in [0.2, 0.25) is 0 Å². The third-order valence-electron chi connectivity index (χ3n) is 3.35. The summed E-state index contributed by atoms with van der Waals surface area (Å²) in [7, 11) is 0. The van der Waals surface area contributed by atoms with Crippen molar-refractivity contribution in [1.29, 1.82) is 0 Å². The molecule has 0 amide bonds. The van der Waals surface area contributed by atoms with Crippen LogP contribution in [-0.4, -0.2) is 30.7 Å². The van der Waals surface area contributed by atoms with Gasteiger partial charge in [-0.1, -0.05) is 6.92 Å². The van der Waals surface area contributed by atoms with Gasteiger partial charge < -0.3 is 14.9 Å². The van der Waals surface area contributed by atoms with Gasteiger partial charge in [-0.15, -0.1) is 0 Å². The van der Waals surface area contributed by atoms with E-state index in [-0.39, 0.29) is 0 Å². The first-order chi connectivity index (χ1) is 8.22. The number of furan rings is 1. The van der Waals surface area contributed by atoms with E-state index in [9.17, 15) is 0 Å². The maximum Gasteiger partial charge on any atom is 0.118 e. The molecule has 1 aromatic heterocycles. The molecule has 0 aliphatic carbocycles. The summed E-state index contributed by atoms with van der Waals surface area (Å²) in [6.45, 7) is 8.35. The highest BCUT2D eigenvalue weighted by atomic mass is 16.5. The topological polar surface area (TPSA) is 51.6 Å². The molecule has 96 valence electrons. The number of hydrogen-bond acceptors (Lipinski definition) is 4. The number of aryl methyl sites for hydroxylation is 1. The van der Waals surface area contributed by atoms with Gasteiger partial charge in [0, 0.05) is 25.2 Å². The summed E-state index contributed by atoms with van der Waals surface area (Å²) in [4.78, 5) is 2.39. The van der Waals surface area contributed by atoms with Crippen molar-refractivity contribution in [2.75, 3.05) is 19.7 Å². The molecule has 0 radical (unpaired) electrons. The van der Waals surface area contributed by atoms with Crippen molar-refractivity contribution in [3.05, 3.63) is 23.2 Å². The Morgan fingerprint density at radius 1 is 1.53 bits per heavy atom. The van der Waals surface area contributed by atoms with Gasteiger partial charge in [0.25, 0.3) is 0 Å². The van der Waals surface area contributed by atoms with Gasteiger partial charge in [0.05, 0.1) is 19.3 Å². The highest BCUT2D eigenvalue weighted by molar-refractivity contribution is 5.20. The van der Waals surface area contributed by atoms with Crippen LogP contribution in [0, 0.1) is 6.92 Å². The van der Waals surface area contributed by atoms with E-state index in [0.29, 0.717) is 12.6 Å². The molecule has 17 heavy (non-hydrogen) atoms. The molecule has 2 heterocycles. The molecule has 2 rings (SSSR count). The molecule has 0 spiro atoms. The van der Waals surface area contributed by atoms with E-state index >= 15 is 0 Å². The van der Waals surface area contributed by atoms with Gasteiger partial charge in [-0.05, 0) is 19.4 Å². The van der Waals surface area contributed by atoms with Gasteiger partial charge in [-0.25, -0.2) is 0 Å². The molecule has 1 aliphatic rings. The van der Waals surface area contributed by atoms with Gasteiger partial charge in [0.2, 0.25) is 0 Å². The van der Waals surface area contributed by atoms with Crippen molar-refractivity contribution < 1.29 is 9.15 Å². The highest BCUT2D eigenvalue weighted by Crippen LogP contribution is 2.17. The van der Waals surface area contributed by atoms with Crippen LogP contribution in [0.1, 0.15) is 30.4 Å². The monoisotopic (exact) mass is 238 g/mol. The average molecular weight is 238 g/mol. The van der Waals surface area contributed by atoms with Gasteiger partial charge in [0.15, 0.2) is 0 Å². The zero-order valence-electron chi connectivity index (χ0n) is 10.7. The number of nitrogens with two attached hydrogens (primary N) is 1. The van der Waals surface area contributed by atoms with Gasteiger partial charge in [0.1, 0.15) is 11.5 Å². The lowest BCUT2D eigenvalue weighted by atomic mass is 10.2. The molecule has 0 saturated carbocycles. The molecule has 1 saturated heterocycles. The molecule has 2 N–H and O–H groups in total. The zero-order valence-corrected chi connectivity index (χ0v) is 10.7. The fourth-order valence-electron chi connectivity index (χ4n) is 2.26. The van der Waals surface area contributed by atoms with E-state index in [0.717, 1.165) is 49.7 Å². The molecule has 1 aliphatic heterocycles. The Kier molecular flexibility index (Phi) is 4.20. The fraction of sp³-hybridized carbons (Fsp3) is 0.692. The maximum atomic E-state index is 5.71. The predicted octanol–water partition coefficient (Wildman–Crippen LogP) is 1.66. The van der Waals surface area contributed by atoms with E-state index in [1.165, 1.54) is 0 Å². The molecule has 1 unspecified atom stereocenters. The smallest absolute Gasteiger partial charge is 0.118 e. The Hall–Kier alpha value is -0.840. The SMILES string of the molecule is CCC1CN(Cc2cc(CN)c(C)o2)CCO1. The van der Waals surface area contributed by atoms with Crippen LogP contribution >= 0.6 is 0 Å². The summed E-state index contributed by atoms with van der Waals surface area (Å²) in [6, 6.07) is 2.08. The number of ether oxygens (including phenoxy) is 1. The first kappa shape index (κ1) is 12.6. The molecule has 1 aromatic rings. The fourth-order valence-corrected chi connectivity index (χ4v) is 2.26. The van der Waals surface area contributed by atoms with E-state index < -0.39 is 0 Å². The van der Waals surface area contributed by atoms with Gasteiger partial charge in [-0.3, -0.25) is 4.90 Å². The largest absolute Gasteiger partial charge is 0.465 e. The Balaban J connectivity index is 1.95. The first-order valence-electron chi connectivity index (χ1n) is 6.35. The third kappa shape index (κ3) is 3.09. The molecular formula is C13H22N2O2. The van der Waals surface area contributed by atoms with Crippen LogP contribution in [0.25, 0.3) is 0 Å². The van der Waals surface area contributed by atoms with E-state index in [2.05, 4.69) is 17.9 Å². The van der Waals surface area contributed by atoms with Crippen LogP contribution in [0.3, 0.4) is 0 Å². The first-order valence-corrected chi connectivity index (χ1v) is 6.35. The van der Waals surface area contributed by atoms with Gasteiger partial charge >= 0.3 is 0 Å². The summed E-state index contributed by atoms with van der Waals surface area (Å²) in [5.74, 6) is 1.96. The molecule has 0 aromatic carbocycles. The van der Waals surface area contributed by atoms with Gasteiger partial charge in [-0.2, -0.15) is 0 Å². The normalized spacial score (nSPS) is 21.9. The minimum absolute atomic E-state index is 0.369. The van der Waals surface area contributed by atoms with Crippen molar-refractivity contribution in [3.8, 4) is 0 Å². The molecule has 0 bridgehead atoms. The van der Waals surface area contributed by atoms with Crippen molar-refractivity contribution >= 4 is 0 Å². The minimum atomic E-state index is 0.369. The number of nitrogens with zero attached hydrogens (tertiary/aromatic N) is 1. The Labute approximate surface area is 103 Å². The van der Waals surface area contributed by atoms with Crippen LogP contribution in [0.5, 0.6) is 0 Å². The Morgan fingerprint density at radius 3 is 3.00 bits per heavy atom. The second-order valence-electron chi connectivity index (χ2n) is 4.63. The van der Waals surface area contributed by atoms with Crippen LogP contribution in [0.15, 0.2) is 10.5 Å². The zero-order chi connectivity index (χ0) is 12.3. The molecule has 4 heteroatoms. The van der Waals surface area contributed by atoms with Crippen LogP contribution in [-0.2, 0) is 17.8 Å².